The third-order valence-corrected chi connectivity index (χ3v) is 1.83. The summed E-state index contributed by atoms with van der Waals surface area (Å²) >= 11 is 0. The van der Waals surface area contributed by atoms with Crippen molar-refractivity contribution in [2.45, 2.75) is 12.3 Å². The third-order valence-electron chi connectivity index (χ3n) is 0.799. The van der Waals surface area contributed by atoms with E-state index in [1.807, 2.05) is 0 Å². The molecule has 0 aliphatic carbocycles. The molecule has 5 heteroatoms. The molecule has 2 N–H and O–H groups in total. The molecule has 1 unspecified atom stereocenters. The zero-order chi connectivity index (χ0) is 7.49. The quantitative estimate of drug-likeness (QED) is 0.555. The van der Waals surface area contributed by atoms with Crippen molar-refractivity contribution in [1.29, 1.82) is 0 Å². The van der Waals surface area contributed by atoms with Gasteiger partial charge in [0.25, 0.3) is 10.1 Å². The summed E-state index contributed by atoms with van der Waals surface area (Å²) in [5.74, 6) is 0. The highest BCUT2D eigenvalue weighted by Crippen LogP contribution is 1.90. The van der Waals surface area contributed by atoms with Gasteiger partial charge in [-0.1, -0.05) is 6.58 Å². The molecular formula is C4H9NO3S. The fourth-order valence-corrected chi connectivity index (χ4v) is 0.520. The Kier molecular flexibility index (Phi) is 2.66. The zero-order valence-corrected chi connectivity index (χ0v) is 5.85. The smallest absolute Gasteiger partial charge is 0.285 e. The Labute approximate surface area is 54.3 Å². The van der Waals surface area contributed by atoms with Gasteiger partial charge in [0.15, 0.2) is 5.37 Å². The van der Waals surface area contributed by atoms with Gasteiger partial charge >= 0.3 is 0 Å². The lowest BCUT2D eigenvalue weighted by molar-refractivity contribution is 0.464. The van der Waals surface area contributed by atoms with Crippen LogP contribution in [-0.2, 0) is 10.1 Å². The molecule has 0 amide bonds. The average Bonchev–Trinajstić information content (AvgIpc) is 1.64. The maximum absolute atomic E-state index is 10.2. The second-order valence-electron chi connectivity index (χ2n) is 1.53. The predicted octanol–water partition coefficient (Wildman–Crippen LogP) is -0.0467. The summed E-state index contributed by atoms with van der Waals surface area (Å²) in [5.41, 5.74) is 0. The molecule has 0 saturated heterocycles. The molecule has 0 fully saturated rings. The number of rotatable bonds is 3. The van der Waals surface area contributed by atoms with Crippen LogP contribution < -0.4 is 5.32 Å². The van der Waals surface area contributed by atoms with Crippen molar-refractivity contribution in [1.82, 2.24) is 5.32 Å². The van der Waals surface area contributed by atoms with Gasteiger partial charge in [-0.3, -0.25) is 4.55 Å². The molecule has 0 bridgehead atoms. The van der Waals surface area contributed by atoms with Crippen LogP contribution in [0.25, 0.3) is 0 Å². The second-order valence-corrected chi connectivity index (χ2v) is 3.27. The van der Waals surface area contributed by atoms with Crippen LogP contribution in [0.4, 0.5) is 0 Å². The van der Waals surface area contributed by atoms with Crippen molar-refractivity contribution in [3.8, 4) is 0 Å². The van der Waals surface area contributed by atoms with Crippen LogP contribution in [0.3, 0.4) is 0 Å². The van der Waals surface area contributed by atoms with Gasteiger partial charge in [0.1, 0.15) is 0 Å². The first-order valence-electron chi connectivity index (χ1n) is 2.31. The van der Waals surface area contributed by atoms with Crippen molar-refractivity contribution in [3.05, 3.63) is 12.8 Å². The van der Waals surface area contributed by atoms with Gasteiger partial charge in [-0.15, -0.1) is 0 Å². The summed E-state index contributed by atoms with van der Waals surface area (Å²) in [6, 6.07) is 0. The van der Waals surface area contributed by atoms with E-state index in [1.54, 1.807) is 0 Å². The molecule has 0 radical (unpaired) electrons. The lowest BCUT2D eigenvalue weighted by atomic mass is 10.7. The zero-order valence-electron chi connectivity index (χ0n) is 5.03. The minimum Gasteiger partial charge on any atom is -0.374 e. The number of nitrogens with one attached hydrogen (secondary N) is 1. The molecule has 0 aromatic rings. The van der Waals surface area contributed by atoms with Crippen LogP contribution in [0.1, 0.15) is 6.92 Å². The van der Waals surface area contributed by atoms with Crippen LogP contribution in [0, 0.1) is 0 Å². The van der Waals surface area contributed by atoms with Gasteiger partial charge in [-0.2, -0.15) is 8.42 Å². The molecule has 0 aliphatic rings. The van der Waals surface area contributed by atoms with Gasteiger partial charge in [0.05, 0.1) is 0 Å². The first-order chi connectivity index (χ1) is 3.98. The van der Waals surface area contributed by atoms with E-state index in [2.05, 4.69) is 11.9 Å². The third kappa shape index (κ3) is 3.10. The summed E-state index contributed by atoms with van der Waals surface area (Å²) in [6.45, 7) is 4.54. The largest absolute Gasteiger partial charge is 0.374 e. The highest BCUT2D eigenvalue weighted by Gasteiger charge is 2.13. The van der Waals surface area contributed by atoms with E-state index in [1.165, 1.54) is 13.1 Å². The van der Waals surface area contributed by atoms with E-state index in [4.69, 9.17) is 4.55 Å². The van der Waals surface area contributed by atoms with Crippen LogP contribution in [0.5, 0.6) is 0 Å². The molecule has 0 aliphatic heterocycles. The van der Waals surface area contributed by atoms with E-state index >= 15 is 0 Å². The monoisotopic (exact) mass is 151 g/mol. The van der Waals surface area contributed by atoms with Crippen molar-refractivity contribution in [2.24, 2.45) is 0 Å². The lowest BCUT2D eigenvalue weighted by Crippen LogP contribution is -2.29. The first kappa shape index (κ1) is 8.45. The van der Waals surface area contributed by atoms with E-state index in [0.717, 1.165) is 0 Å². The molecule has 0 aromatic carbocycles. The predicted molar refractivity (Wildman–Crippen MR) is 34.3 cm³/mol. The lowest BCUT2D eigenvalue weighted by Gasteiger charge is -2.05. The standard InChI is InChI=1S/C4H9NO3S/c1-3-5-4(2)9(6,7)8/h3-5H,1H2,2H3,(H,6,7,8). The molecule has 0 saturated carbocycles. The van der Waals surface area contributed by atoms with E-state index in [-0.39, 0.29) is 0 Å². The van der Waals surface area contributed by atoms with Crippen LogP contribution >= 0.6 is 0 Å². The molecule has 9 heavy (non-hydrogen) atoms. The highest BCUT2D eigenvalue weighted by molar-refractivity contribution is 7.86. The van der Waals surface area contributed by atoms with Crippen LogP contribution in [0.15, 0.2) is 12.8 Å². The number of hydrogen-bond acceptors (Lipinski definition) is 3. The normalized spacial score (nSPS) is 14.4. The Morgan fingerprint density at radius 2 is 2.22 bits per heavy atom. The van der Waals surface area contributed by atoms with Crippen LogP contribution in [0.2, 0.25) is 0 Å². The maximum atomic E-state index is 10.2. The molecule has 54 valence electrons. The summed E-state index contributed by atoms with van der Waals surface area (Å²) < 4.78 is 28.6. The van der Waals surface area contributed by atoms with E-state index < -0.39 is 15.5 Å². The summed E-state index contributed by atoms with van der Waals surface area (Å²) in [6.07, 6.45) is 1.21. The average molecular weight is 151 g/mol. The van der Waals surface area contributed by atoms with Crippen molar-refractivity contribution in [3.63, 3.8) is 0 Å². The Balaban J connectivity index is 4.05. The summed E-state index contributed by atoms with van der Waals surface area (Å²) in [4.78, 5) is 0. The van der Waals surface area contributed by atoms with Crippen molar-refractivity contribution < 1.29 is 13.0 Å². The van der Waals surface area contributed by atoms with Crippen molar-refractivity contribution in [2.75, 3.05) is 0 Å². The topological polar surface area (TPSA) is 66.4 Å². The summed E-state index contributed by atoms with van der Waals surface area (Å²) in [5, 5.41) is 1.33. The Bertz CT molecular complexity index is 184. The highest BCUT2D eigenvalue weighted by atomic mass is 32.2. The molecule has 0 heterocycles. The van der Waals surface area contributed by atoms with Gasteiger partial charge in [-0.05, 0) is 13.1 Å². The first-order valence-corrected chi connectivity index (χ1v) is 3.82. The molecule has 0 spiro atoms. The van der Waals surface area contributed by atoms with Crippen LogP contribution in [-0.4, -0.2) is 18.3 Å². The SMILES string of the molecule is C=CNC(C)S(=O)(=O)O. The van der Waals surface area contributed by atoms with E-state index in [0.29, 0.717) is 0 Å². The van der Waals surface area contributed by atoms with Gasteiger partial charge < -0.3 is 5.32 Å². The maximum Gasteiger partial charge on any atom is 0.285 e. The van der Waals surface area contributed by atoms with Gasteiger partial charge in [-0.25, -0.2) is 0 Å². The minimum atomic E-state index is -3.95. The molecule has 0 aromatic heterocycles. The second kappa shape index (κ2) is 2.84. The van der Waals surface area contributed by atoms with E-state index in [9.17, 15) is 8.42 Å². The molecule has 4 nitrogen and oxygen atoms in total. The summed E-state index contributed by atoms with van der Waals surface area (Å²) in [7, 11) is -3.95. The fourth-order valence-electron chi connectivity index (χ4n) is 0.252. The van der Waals surface area contributed by atoms with Gasteiger partial charge in [0, 0.05) is 0 Å². The Morgan fingerprint density at radius 3 is 2.33 bits per heavy atom. The molecule has 1 atom stereocenters. The Morgan fingerprint density at radius 1 is 1.78 bits per heavy atom. The van der Waals surface area contributed by atoms with Crippen molar-refractivity contribution >= 4 is 10.1 Å². The molecule has 0 rings (SSSR count). The molecular weight excluding hydrogens is 142 g/mol. The Hall–Kier alpha value is -0.550. The van der Waals surface area contributed by atoms with Gasteiger partial charge in [0.2, 0.25) is 0 Å². The number of hydrogen-bond donors (Lipinski definition) is 2. The minimum absolute atomic E-state index is 0.977. The fraction of sp³-hybridized carbons (Fsp3) is 0.500.